The minimum absolute atomic E-state index is 0.175. The van der Waals surface area contributed by atoms with Gasteiger partial charge >= 0.3 is 6.18 Å². The number of anilines is 2. The third-order valence-electron chi connectivity index (χ3n) is 2.01. The van der Waals surface area contributed by atoms with Crippen LogP contribution >= 0.6 is 0 Å². The van der Waals surface area contributed by atoms with Gasteiger partial charge in [0.15, 0.2) is 0 Å². The Morgan fingerprint density at radius 3 is 2.50 bits per heavy atom. The zero-order valence-corrected chi connectivity index (χ0v) is 8.54. The molecule has 0 bridgehead atoms. The quantitative estimate of drug-likeness (QED) is 0.790. The van der Waals surface area contributed by atoms with Crippen molar-refractivity contribution in [1.82, 2.24) is 0 Å². The molecule has 16 heavy (non-hydrogen) atoms. The Balaban J connectivity index is 2.90. The number of rotatable bonds is 2. The van der Waals surface area contributed by atoms with E-state index in [2.05, 4.69) is 0 Å². The molecule has 1 rings (SSSR count). The summed E-state index contributed by atoms with van der Waals surface area (Å²) in [6, 6.07) is 6.03. The molecule has 0 spiro atoms. The summed E-state index contributed by atoms with van der Waals surface area (Å²) < 4.78 is 36.3. The van der Waals surface area contributed by atoms with Crippen molar-refractivity contribution in [2.75, 3.05) is 24.2 Å². The van der Waals surface area contributed by atoms with Gasteiger partial charge in [0.05, 0.1) is 11.3 Å². The van der Waals surface area contributed by atoms with Crippen LogP contribution in [0.5, 0.6) is 0 Å². The van der Waals surface area contributed by atoms with E-state index in [0.717, 1.165) is 4.90 Å². The fraction of sp³-hybridized carbons (Fsp3) is 0.300. The lowest BCUT2D eigenvalue weighted by Gasteiger charge is -2.21. The molecule has 86 valence electrons. The van der Waals surface area contributed by atoms with Crippen LogP contribution in [0.2, 0.25) is 0 Å². The number of hydrogen-bond acceptors (Lipinski definition) is 3. The zero-order chi connectivity index (χ0) is 12.3. The highest BCUT2D eigenvalue weighted by Gasteiger charge is 2.29. The topological polar surface area (TPSA) is 53.0 Å². The van der Waals surface area contributed by atoms with Crippen molar-refractivity contribution in [2.45, 2.75) is 6.18 Å². The number of nitrogens with two attached hydrogens (primary N) is 1. The Labute approximate surface area is 90.9 Å². The number of hydrogen-bond donors (Lipinski definition) is 1. The lowest BCUT2D eigenvalue weighted by molar-refractivity contribution is -0.119. The highest BCUT2D eigenvalue weighted by molar-refractivity contribution is 5.63. The Morgan fingerprint density at radius 1 is 1.44 bits per heavy atom. The number of nitrogen functional groups attached to an aromatic ring is 1. The molecule has 0 unspecified atom stereocenters. The number of nitrogens with zero attached hydrogens (tertiary/aromatic N) is 2. The monoisotopic (exact) mass is 229 g/mol. The van der Waals surface area contributed by atoms with Gasteiger partial charge in [0.2, 0.25) is 0 Å². The summed E-state index contributed by atoms with van der Waals surface area (Å²) in [6.07, 6.45) is -4.27. The summed E-state index contributed by atoms with van der Waals surface area (Å²) in [7, 11) is 1.31. The number of nitriles is 1. The van der Waals surface area contributed by atoms with Gasteiger partial charge in [-0.2, -0.15) is 18.4 Å². The van der Waals surface area contributed by atoms with E-state index in [9.17, 15) is 13.2 Å². The van der Waals surface area contributed by atoms with E-state index >= 15 is 0 Å². The molecule has 0 saturated heterocycles. The van der Waals surface area contributed by atoms with Crippen molar-refractivity contribution in [2.24, 2.45) is 0 Å². The molecule has 1 aromatic carbocycles. The third kappa shape index (κ3) is 3.05. The van der Waals surface area contributed by atoms with E-state index in [0.29, 0.717) is 5.69 Å². The third-order valence-corrected chi connectivity index (χ3v) is 2.01. The first-order chi connectivity index (χ1) is 7.33. The van der Waals surface area contributed by atoms with Gasteiger partial charge in [0, 0.05) is 12.7 Å². The van der Waals surface area contributed by atoms with E-state index in [1.54, 1.807) is 0 Å². The van der Waals surface area contributed by atoms with Crippen molar-refractivity contribution in [3.05, 3.63) is 23.8 Å². The van der Waals surface area contributed by atoms with Gasteiger partial charge in [-0.15, -0.1) is 0 Å². The van der Waals surface area contributed by atoms with Crippen molar-refractivity contribution in [3.63, 3.8) is 0 Å². The van der Waals surface area contributed by atoms with Gasteiger partial charge in [-0.1, -0.05) is 0 Å². The molecule has 0 radical (unpaired) electrons. The van der Waals surface area contributed by atoms with Crippen molar-refractivity contribution >= 4 is 11.4 Å². The molecule has 0 atom stereocenters. The Kier molecular flexibility index (Phi) is 3.28. The molecule has 0 aliphatic rings. The summed E-state index contributed by atoms with van der Waals surface area (Å²) in [5.74, 6) is 0. The van der Waals surface area contributed by atoms with Gasteiger partial charge < -0.3 is 10.6 Å². The van der Waals surface area contributed by atoms with Gasteiger partial charge in [0.25, 0.3) is 0 Å². The highest BCUT2D eigenvalue weighted by atomic mass is 19.4. The summed E-state index contributed by atoms with van der Waals surface area (Å²) >= 11 is 0. The average molecular weight is 229 g/mol. The molecule has 6 heteroatoms. The molecule has 0 aliphatic heterocycles. The van der Waals surface area contributed by atoms with Crippen LogP contribution in [0.15, 0.2) is 18.2 Å². The minimum Gasteiger partial charge on any atom is -0.398 e. The van der Waals surface area contributed by atoms with Gasteiger partial charge in [-0.25, -0.2) is 0 Å². The molecule has 0 aliphatic carbocycles. The lowest BCUT2D eigenvalue weighted by Crippen LogP contribution is -2.30. The predicted octanol–water partition coefficient (Wildman–Crippen LogP) is 2.14. The molecule has 2 N–H and O–H groups in total. The van der Waals surface area contributed by atoms with Crippen LogP contribution in [-0.4, -0.2) is 19.8 Å². The molecule has 0 heterocycles. The maximum atomic E-state index is 12.1. The summed E-state index contributed by atoms with van der Waals surface area (Å²) in [4.78, 5) is 1.03. The first-order valence-electron chi connectivity index (χ1n) is 4.41. The van der Waals surface area contributed by atoms with Crippen molar-refractivity contribution in [1.29, 1.82) is 5.26 Å². The second-order valence-corrected chi connectivity index (χ2v) is 3.35. The van der Waals surface area contributed by atoms with Crippen LogP contribution in [0, 0.1) is 11.3 Å². The van der Waals surface area contributed by atoms with Gasteiger partial charge in [-0.3, -0.25) is 0 Å². The molecule has 0 saturated carbocycles. The van der Waals surface area contributed by atoms with E-state index in [4.69, 9.17) is 11.0 Å². The maximum Gasteiger partial charge on any atom is 0.405 e. The molecule has 1 aromatic rings. The van der Waals surface area contributed by atoms with Crippen LogP contribution in [0.3, 0.4) is 0 Å². The first-order valence-corrected chi connectivity index (χ1v) is 4.41. The molecule has 0 amide bonds. The van der Waals surface area contributed by atoms with Crippen LogP contribution in [0.1, 0.15) is 5.56 Å². The fourth-order valence-corrected chi connectivity index (χ4v) is 1.25. The second-order valence-electron chi connectivity index (χ2n) is 3.35. The van der Waals surface area contributed by atoms with Gasteiger partial charge in [-0.05, 0) is 18.2 Å². The van der Waals surface area contributed by atoms with E-state index in [1.165, 1.54) is 25.2 Å². The normalized spacial score (nSPS) is 10.9. The maximum absolute atomic E-state index is 12.1. The summed E-state index contributed by atoms with van der Waals surface area (Å²) in [6.45, 7) is -1.06. The van der Waals surface area contributed by atoms with Gasteiger partial charge in [0.1, 0.15) is 12.6 Å². The van der Waals surface area contributed by atoms with E-state index < -0.39 is 12.7 Å². The molecule has 0 aromatic heterocycles. The first kappa shape index (κ1) is 12.2. The Morgan fingerprint density at radius 2 is 2.06 bits per heavy atom. The number of benzene rings is 1. The van der Waals surface area contributed by atoms with Crippen LogP contribution < -0.4 is 10.6 Å². The molecular formula is C10H10F3N3. The zero-order valence-electron chi connectivity index (χ0n) is 8.54. The van der Waals surface area contributed by atoms with E-state index in [1.807, 2.05) is 6.07 Å². The molecule has 3 nitrogen and oxygen atoms in total. The largest absolute Gasteiger partial charge is 0.405 e. The molecular weight excluding hydrogens is 219 g/mol. The smallest absolute Gasteiger partial charge is 0.398 e. The minimum atomic E-state index is -4.27. The van der Waals surface area contributed by atoms with Crippen molar-refractivity contribution < 1.29 is 13.2 Å². The lowest BCUT2D eigenvalue weighted by atomic mass is 10.1. The van der Waals surface area contributed by atoms with Crippen LogP contribution in [0.4, 0.5) is 24.5 Å². The van der Waals surface area contributed by atoms with E-state index in [-0.39, 0.29) is 11.3 Å². The predicted molar refractivity (Wildman–Crippen MR) is 54.9 cm³/mol. The Bertz CT molecular complexity index is 420. The van der Waals surface area contributed by atoms with Crippen LogP contribution in [-0.2, 0) is 0 Å². The standard InChI is InChI=1S/C10H10F3N3/c1-16(6-10(11,12)13)8-3-2-7(5-14)9(15)4-8/h2-4H,6,15H2,1H3. The summed E-state index contributed by atoms with van der Waals surface area (Å²) in [5.41, 5.74) is 6.26. The molecule has 0 fully saturated rings. The second kappa shape index (κ2) is 4.31. The number of halogens is 3. The Hall–Kier alpha value is -1.90. The number of alkyl halides is 3. The van der Waals surface area contributed by atoms with Crippen molar-refractivity contribution in [3.8, 4) is 6.07 Å². The SMILES string of the molecule is CN(CC(F)(F)F)c1ccc(C#N)c(N)c1. The summed E-state index contributed by atoms with van der Waals surface area (Å²) in [5, 5.41) is 8.61. The van der Waals surface area contributed by atoms with Crippen LogP contribution in [0.25, 0.3) is 0 Å². The highest BCUT2D eigenvalue weighted by Crippen LogP contribution is 2.23. The fourth-order valence-electron chi connectivity index (χ4n) is 1.25. The average Bonchev–Trinajstić information content (AvgIpc) is 2.15.